The van der Waals surface area contributed by atoms with Crippen LogP contribution in [0.25, 0.3) is 0 Å². The Morgan fingerprint density at radius 3 is 1.92 bits per heavy atom. The molecule has 2 rings (SSSR count). The van der Waals surface area contributed by atoms with E-state index in [0.29, 0.717) is 18.6 Å². The summed E-state index contributed by atoms with van der Waals surface area (Å²) in [5, 5.41) is 2.57. The molecule has 1 N–H and O–H groups in total. The van der Waals surface area contributed by atoms with Crippen molar-refractivity contribution in [2.45, 2.75) is 51.0 Å². The van der Waals surface area contributed by atoms with Gasteiger partial charge < -0.3 is 5.32 Å². The third kappa shape index (κ3) is 4.42. The van der Waals surface area contributed by atoms with Gasteiger partial charge in [0.1, 0.15) is 0 Å². The zero-order valence-corrected chi connectivity index (χ0v) is 12.9. The van der Waals surface area contributed by atoms with E-state index in [-0.39, 0.29) is 18.0 Å². The topological polar surface area (TPSA) is 29.1 Å². The average Bonchev–Trinajstić information content (AvgIpc) is 2.47. The van der Waals surface area contributed by atoms with E-state index in [9.17, 15) is 31.1 Å². The number of alkyl halides is 6. The molecule has 1 aromatic carbocycles. The SMILES string of the molecule is CC1CCCCC1NC(=O)c1cc(C(F)(F)F)cc(C(F)(F)F)c1. The Bertz CT molecular complexity index is 575. The van der Waals surface area contributed by atoms with Crippen molar-refractivity contribution in [2.24, 2.45) is 5.92 Å². The quantitative estimate of drug-likeness (QED) is 0.742. The largest absolute Gasteiger partial charge is 0.416 e. The number of benzene rings is 1. The molecular weight excluding hydrogens is 336 g/mol. The Morgan fingerprint density at radius 1 is 0.958 bits per heavy atom. The van der Waals surface area contributed by atoms with Crippen LogP contribution in [-0.4, -0.2) is 11.9 Å². The minimum absolute atomic E-state index is 0.0139. The van der Waals surface area contributed by atoms with Crippen LogP contribution in [0.4, 0.5) is 26.3 Å². The normalized spacial score (nSPS) is 22.3. The van der Waals surface area contributed by atoms with Crippen LogP contribution in [-0.2, 0) is 12.4 Å². The van der Waals surface area contributed by atoms with Crippen LogP contribution in [0.2, 0.25) is 0 Å². The van der Waals surface area contributed by atoms with E-state index in [0.717, 1.165) is 19.3 Å². The predicted octanol–water partition coefficient (Wildman–Crippen LogP) is 5.03. The Kier molecular flexibility index (Phi) is 5.15. The molecule has 1 amide bonds. The highest BCUT2D eigenvalue weighted by atomic mass is 19.4. The van der Waals surface area contributed by atoms with Gasteiger partial charge in [-0.1, -0.05) is 19.8 Å². The molecule has 8 heteroatoms. The second-order valence-corrected chi connectivity index (χ2v) is 6.14. The molecule has 0 aliphatic heterocycles. The molecule has 24 heavy (non-hydrogen) atoms. The van der Waals surface area contributed by atoms with E-state index < -0.39 is 35.0 Å². The van der Waals surface area contributed by atoms with Gasteiger partial charge in [-0.2, -0.15) is 26.3 Å². The highest BCUT2D eigenvalue weighted by molar-refractivity contribution is 5.94. The van der Waals surface area contributed by atoms with Crippen LogP contribution in [0.5, 0.6) is 0 Å². The van der Waals surface area contributed by atoms with E-state index in [4.69, 9.17) is 0 Å². The first kappa shape index (κ1) is 18.6. The average molecular weight is 353 g/mol. The number of hydrogen-bond donors (Lipinski definition) is 1. The van der Waals surface area contributed by atoms with Gasteiger partial charge in [-0.15, -0.1) is 0 Å². The summed E-state index contributed by atoms with van der Waals surface area (Å²) >= 11 is 0. The molecule has 0 radical (unpaired) electrons. The predicted molar refractivity (Wildman–Crippen MR) is 75.3 cm³/mol. The third-order valence-electron chi connectivity index (χ3n) is 4.28. The summed E-state index contributed by atoms with van der Waals surface area (Å²) in [6, 6.07) is 0.686. The van der Waals surface area contributed by atoms with Crippen LogP contribution in [0.3, 0.4) is 0 Å². The number of rotatable bonds is 2. The number of nitrogens with one attached hydrogen (secondary N) is 1. The van der Waals surface area contributed by atoms with Gasteiger partial charge in [0.2, 0.25) is 0 Å². The second kappa shape index (κ2) is 6.64. The lowest BCUT2D eigenvalue weighted by Gasteiger charge is -2.29. The van der Waals surface area contributed by atoms with Gasteiger partial charge in [0.25, 0.3) is 5.91 Å². The lowest BCUT2D eigenvalue weighted by Crippen LogP contribution is -2.41. The fourth-order valence-corrected chi connectivity index (χ4v) is 2.87. The minimum Gasteiger partial charge on any atom is -0.349 e. The number of amides is 1. The molecule has 1 saturated carbocycles. The first-order valence-electron chi connectivity index (χ1n) is 7.59. The van der Waals surface area contributed by atoms with E-state index in [1.54, 1.807) is 0 Å². The Hall–Kier alpha value is -1.73. The van der Waals surface area contributed by atoms with E-state index >= 15 is 0 Å². The van der Waals surface area contributed by atoms with Gasteiger partial charge in [-0.05, 0) is 37.0 Å². The fraction of sp³-hybridized carbons (Fsp3) is 0.562. The van der Waals surface area contributed by atoms with Gasteiger partial charge >= 0.3 is 12.4 Å². The van der Waals surface area contributed by atoms with Crippen LogP contribution < -0.4 is 5.32 Å². The zero-order valence-electron chi connectivity index (χ0n) is 12.9. The van der Waals surface area contributed by atoms with Crippen molar-refractivity contribution in [3.05, 3.63) is 34.9 Å². The molecule has 2 unspecified atom stereocenters. The summed E-state index contributed by atoms with van der Waals surface area (Å²) < 4.78 is 76.9. The molecule has 0 saturated heterocycles. The first-order chi connectivity index (χ1) is 11.0. The van der Waals surface area contributed by atoms with Gasteiger partial charge in [0, 0.05) is 11.6 Å². The number of carbonyl (C=O) groups is 1. The van der Waals surface area contributed by atoms with E-state index in [1.165, 1.54) is 0 Å². The van der Waals surface area contributed by atoms with Crippen molar-refractivity contribution >= 4 is 5.91 Å². The Labute approximate surface area is 135 Å². The van der Waals surface area contributed by atoms with Crippen molar-refractivity contribution < 1.29 is 31.1 Å². The molecule has 0 aromatic heterocycles. The molecular formula is C16H17F6NO. The molecule has 2 atom stereocenters. The fourth-order valence-electron chi connectivity index (χ4n) is 2.87. The summed E-state index contributed by atoms with van der Waals surface area (Å²) in [5.41, 5.74) is -3.60. The van der Waals surface area contributed by atoms with Crippen molar-refractivity contribution in [1.29, 1.82) is 0 Å². The van der Waals surface area contributed by atoms with E-state index in [1.807, 2.05) is 6.92 Å². The highest BCUT2D eigenvalue weighted by Gasteiger charge is 2.37. The van der Waals surface area contributed by atoms with Gasteiger partial charge in [0.05, 0.1) is 11.1 Å². The Morgan fingerprint density at radius 2 is 1.46 bits per heavy atom. The van der Waals surface area contributed by atoms with Crippen molar-refractivity contribution in [3.63, 3.8) is 0 Å². The first-order valence-corrected chi connectivity index (χ1v) is 7.59. The molecule has 0 spiro atoms. The van der Waals surface area contributed by atoms with Crippen LogP contribution in [0.15, 0.2) is 18.2 Å². The number of halogens is 6. The summed E-state index contributed by atoms with van der Waals surface area (Å²) in [5.74, 6) is -0.777. The summed E-state index contributed by atoms with van der Waals surface area (Å²) in [4.78, 5) is 12.2. The third-order valence-corrected chi connectivity index (χ3v) is 4.28. The monoisotopic (exact) mass is 353 g/mol. The highest BCUT2D eigenvalue weighted by Crippen LogP contribution is 2.36. The maximum atomic E-state index is 12.8. The second-order valence-electron chi connectivity index (χ2n) is 6.14. The lowest BCUT2D eigenvalue weighted by molar-refractivity contribution is -0.143. The molecule has 134 valence electrons. The molecule has 1 aliphatic rings. The van der Waals surface area contributed by atoms with E-state index in [2.05, 4.69) is 5.32 Å². The van der Waals surface area contributed by atoms with Crippen molar-refractivity contribution in [2.75, 3.05) is 0 Å². The van der Waals surface area contributed by atoms with Crippen LogP contribution in [0.1, 0.15) is 54.1 Å². The number of carbonyl (C=O) groups excluding carboxylic acids is 1. The molecule has 1 fully saturated rings. The van der Waals surface area contributed by atoms with Gasteiger partial charge in [-0.25, -0.2) is 0 Å². The Balaban J connectivity index is 2.32. The van der Waals surface area contributed by atoms with Crippen molar-refractivity contribution in [1.82, 2.24) is 5.32 Å². The molecule has 0 bridgehead atoms. The zero-order chi connectivity index (χ0) is 18.1. The standard InChI is InChI=1S/C16H17F6NO/c1-9-4-2-3-5-13(9)23-14(24)10-6-11(15(17,18)19)8-12(7-10)16(20,21)22/h6-9,13H,2-5H2,1H3,(H,23,24). The molecule has 1 aromatic rings. The summed E-state index contributed by atoms with van der Waals surface area (Å²) in [7, 11) is 0. The summed E-state index contributed by atoms with van der Waals surface area (Å²) in [6.45, 7) is 1.90. The van der Waals surface area contributed by atoms with Gasteiger partial charge in [-0.3, -0.25) is 4.79 Å². The van der Waals surface area contributed by atoms with Crippen molar-refractivity contribution in [3.8, 4) is 0 Å². The molecule has 1 aliphatic carbocycles. The lowest BCUT2D eigenvalue weighted by atomic mass is 9.86. The van der Waals surface area contributed by atoms with Crippen LogP contribution in [0, 0.1) is 5.92 Å². The smallest absolute Gasteiger partial charge is 0.349 e. The van der Waals surface area contributed by atoms with Gasteiger partial charge in [0.15, 0.2) is 0 Å². The molecule has 2 nitrogen and oxygen atoms in total. The summed E-state index contributed by atoms with van der Waals surface area (Å²) in [6.07, 6.45) is -6.54. The number of hydrogen-bond acceptors (Lipinski definition) is 1. The maximum absolute atomic E-state index is 12.8. The minimum atomic E-state index is -4.96. The van der Waals surface area contributed by atoms with Crippen LogP contribution >= 0.6 is 0 Å². The molecule has 0 heterocycles. The maximum Gasteiger partial charge on any atom is 0.416 e.